The molecule has 0 spiro atoms. The fourth-order valence-electron chi connectivity index (χ4n) is 8.96. The number of sulfonamides is 1. The van der Waals surface area contributed by atoms with E-state index in [0.29, 0.717) is 41.7 Å². The predicted molar refractivity (Wildman–Crippen MR) is 224 cm³/mol. The van der Waals surface area contributed by atoms with Crippen LogP contribution in [0.25, 0.3) is 11.0 Å². The molecule has 15 nitrogen and oxygen atoms in total. The Hall–Kier alpha value is -4.35. The van der Waals surface area contributed by atoms with Gasteiger partial charge < -0.3 is 30.1 Å². The van der Waals surface area contributed by atoms with Crippen LogP contribution in [0.1, 0.15) is 108 Å². The molecule has 338 valence electrons. The number of likely N-dealkylation sites (tertiary alicyclic amines) is 1. The molecule has 4 amide bonds. The first-order valence-corrected chi connectivity index (χ1v) is 22.9. The van der Waals surface area contributed by atoms with Crippen molar-refractivity contribution in [1.82, 2.24) is 30.2 Å². The van der Waals surface area contributed by atoms with E-state index in [0.717, 1.165) is 47.8 Å². The van der Waals surface area contributed by atoms with Crippen molar-refractivity contribution in [3.8, 4) is 11.6 Å². The lowest BCUT2D eigenvalue weighted by molar-refractivity contribution is -0.140. The van der Waals surface area contributed by atoms with Crippen LogP contribution in [0.4, 0.5) is 13.6 Å². The second-order valence-electron chi connectivity index (χ2n) is 18.0. The molecular weight excluding hydrogens is 803 g/mol. The summed E-state index contributed by atoms with van der Waals surface area (Å²) in [6.45, 7) is 7.20. The first-order valence-electron chi connectivity index (χ1n) is 21.4. The van der Waals surface area contributed by atoms with Crippen LogP contribution in [0.2, 0.25) is 0 Å². The molecule has 18 heteroatoms. The molecule has 0 unspecified atom stereocenters. The lowest BCUT2D eigenvalue weighted by Gasteiger charge is -2.47. The van der Waals surface area contributed by atoms with E-state index in [1.807, 2.05) is 10.0 Å². The number of nitrogens with one attached hydrogen (secondary N) is 3. The van der Waals surface area contributed by atoms with Gasteiger partial charge in [-0.3, -0.25) is 19.1 Å². The summed E-state index contributed by atoms with van der Waals surface area (Å²) in [5.74, 6) is -1.36. The van der Waals surface area contributed by atoms with Gasteiger partial charge in [0.25, 0.3) is 5.91 Å². The van der Waals surface area contributed by atoms with Gasteiger partial charge in [0.2, 0.25) is 34.1 Å². The first kappa shape index (κ1) is 45.2. The first-order chi connectivity index (χ1) is 28.4. The Morgan fingerprint density at radius 3 is 2.35 bits per heavy atom. The van der Waals surface area contributed by atoms with Gasteiger partial charge in [0.1, 0.15) is 35.7 Å². The molecule has 1 aromatic heterocycles. The van der Waals surface area contributed by atoms with Gasteiger partial charge in [0.05, 0.1) is 35.9 Å². The summed E-state index contributed by atoms with van der Waals surface area (Å²) < 4.78 is 67.0. The average molecular weight is 869 g/mol. The van der Waals surface area contributed by atoms with Crippen molar-refractivity contribution in [3.05, 3.63) is 23.9 Å². The Balaban J connectivity index is 0.00000145. The summed E-state index contributed by atoms with van der Waals surface area (Å²) in [5, 5.41) is 12.7. The third kappa shape index (κ3) is 10.6. The molecule has 5 saturated carbocycles. The molecule has 8 rings (SSSR count). The summed E-state index contributed by atoms with van der Waals surface area (Å²) in [5.41, 5.74) is -0.544. The average Bonchev–Trinajstić information content (AvgIpc) is 4.11. The Morgan fingerprint density at radius 2 is 1.75 bits per heavy atom. The van der Waals surface area contributed by atoms with Crippen molar-refractivity contribution in [2.45, 2.75) is 134 Å². The predicted octanol–water partition coefficient (Wildman–Crippen LogP) is 6.19. The monoisotopic (exact) mass is 868 g/mol. The number of carbonyl (C=O) groups excluding carboxylic acids is 3. The fourth-order valence-corrected chi connectivity index (χ4v) is 10.3. The molecule has 1 saturated heterocycles. The molecular formula is C42H66F2N6O9S. The highest BCUT2D eigenvalue weighted by Crippen LogP contribution is 2.51. The number of carbonyl (C=O) groups is 4. The number of alkyl halides is 2. The van der Waals surface area contributed by atoms with Crippen molar-refractivity contribution < 1.29 is 55.2 Å². The van der Waals surface area contributed by atoms with Gasteiger partial charge in [-0.1, -0.05) is 53.4 Å². The molecule has 6 aliphatic rings. The Labute approximate surface area is 355 Å². The van der Waals surface area contributed by atoms with Crippen molar-refractivity contribution in [1.29, 1.82) is 0 Å². The SMILES string of the molecule is CC(C)C.COc1ccc2nc(CCCCC[C@H]3CCC4CC3C4)c(O[C@H]3CN(C(=O)CNC(=O)O)[C@H](C(=O)N[C@]4(C(=O)NS(=O)(=O)C5CC5)C[C@H]4C(F)F)[C@@H]3C)nc2c1.[HH].[HH].[HH]. The van der Waals surface area contributed by atoms with Gasteiger partial charge in [-0.15, -0.1) is 0 Å². The van der Waals surface area contributed by atoms with Gasteiger partial charge in [-0.25, -0.2) is 32.0 Å². The molecule has 1 aliphatic heterocycles. The van der Waals surface area contributed by atoms with Crippen molar-refractivity contribution in [2.24, 2.45) is 35.5 Å². The van der Waals surface area contributed by atoms with Gasteiger partial charge in [0, 0.05) is 16.3 Å². The number of hydrogen-bond acceptors (Lipinski definition) is 10. The molecule has 6 fully saturated rings. The molecule has 2 aromatic rings. The van der Waals surface area contributed by atoms with Crippen LogP contribution in [0, 0.1) is 35.5 Å². The van der Waals surface area contributed by atoms with E-state index in [1.54, 1.807) is 25.1 Å². The number of ether oxygens (including phenoxy) is 2. The van der Waals surface area contributed by atoms with Crippen LogP contribution in [-0.2, 0) is 30.8 Å². The molecule has 4 N–H and O–H groups in total. The van der Waals surface area contributed by atoms with Crippen molar-refractivity contribution >= 4 is 44.9 Å². The Kier molecular flexibility index (Phi) is 14.1. The van der Waals surface area contributed by atoms with Crippen LogP contribution in [0.5, 0.6) is 11.6 Å². The van der Waals surface area contributed by atoms with Crippen LogP contribution in [0.15, 0.2) is 18.2 Å². The number of benzene rings is 1. The van der Waals surface area contributed by atoms with Crippen LogP contribution >= 0.6 is 0 Å². The second kappa shape index (κ2) is 18.7. The topological polar surface area (TPSA) is 206 Å². The zero-order valence-corrected chi connectivity index (χ0v) is 35.9. The van der Waals surface area contributed by atoms with Crippen molar-refractivity contribution in [3.63, 3.8) is 0 Å². The normalized spacial score (nSPS) is 28.0. The van der Waals surface area contributed by atoms with E-state index >= 15 is 0 Å². The van der Waals surface area contributed by atoms with E-state index in [1.165, 1.54) is 39.2 Å². The summed E-state index contributed by atoms with van der Waals surface area (Å²) in [6, 6.07) is 3.87. The summed E-state index contributed by atoms with van der Waals surface area (Å²) in [6.07, 6.45) is 4.79. The lowest BCUT2D eigenvalue weighted by Crippen LogP contribution is -2.58. The summed E-state index contributed by atoms with van der Waals surface area (Å²) in [4.78, 5) is 62.9. The lowest BCUT2D eigenvalue weighted by atomic mass is 9.59. The van der Waals surface area contributed by atoms with Crippen molar-refractivity contribution in [2.75, 3.05) is 20.2 Å². The number of rotatable bonds is 17. The second-order valence-corrected chi connectivity index (χ2v) is 20.0. The maximum atomic E-state index is 14.1. The highest BCUT2D eigenvalue weighted by Gasteiger charge is 2.67. The molecule has 2 bridgehead atoms. The van der Waals surface area contributed by atoms with Gasteiger partial charge in [-0.05, 0) is 87.2 Å². The summed E-state index contributed by atoms with van der Waals surface area (Å²) in [7, 11) is -2.61. The van der Waals surface area contributed by atoms with E-state index < -0.39 is 88.0 Å². The number of fused-ring (bicyclic) bond motifs is 3. The number of amides is 4. The highest BCUT2D eigenvalue weighted by atomic mass is 32.2. The number of methoxy groups -OCH3 is 1. The number of carboxylic acid groups (broad SMARTS) is 1. The third-order valence-electron chi connectivity index (χ3n) is 12.6. The minimum absolute atomic E-state index is 0. The minimum Gasteiger partial charge on any atom is -0.497 e. The number of unbranched alkanes of at least 4 members (excludes halogenated alkanes) is 2. The molecule has 2 heterocycles. The number of aryl methyl sites for hydroxylation is 1. The molecule has 0 radical (unpaired) electrons. The number of aromatic nitrogens is 2. The quantitative estimate of drug-likeness (QED) is 0.132. The van der Waals surface area contributed by atoms with Crippen LogP contribution in [0.3, 0.4) is 0 Å². The van der Waals surface area contributed by atoms with E-state index in [-0.39, 0.29) is 16.7 Å². The smallest absolute Gasteiger partial charge is 0.405 e. The standard InChI is InChI=1S/C38H50F2N6O9S.C4H10.3H2/c1-20-30(55-35-28(42-27-13-10-24(54-2)16-29(27)43-35)7-5-3-4-6-22-9-8-21-14-23(22)15-21)19-46(31(47)18-41-37(50)51)32(20)34(48)44-38(17-26(38)33(39)40)36(49)45-56(52,53)25-11-12-25;1-4(2)3;;;/h10,13,16,20-23,25-26,30,32-33,41H,3-9,11-12,14-15,17-19H2,1-2H3,(H,44,48)(H,45,49)(H,50,51);4H,1-3H3;3*1H/t20-,21?,22+,23?,26+,30+,32+,38-;;;;/m1..../s1. The van der Waals surface area contributed by atoms with E-state index in [9.17, 15) is 41.5 Å². The zero-order chi connectivity index (χ0) is 43.5. The Morgan fingerprint density at radius 1 is 1.03 bits per heavy atom. The maximum Gasteiger partial charge on any atom is 0.405 e. The molecule has 60 heavy (non-hydrogen) atoms. The van der Waals surface area contributed by atoms with Crippen LogP contribution < -0.4 is 24.8 Å². The largest absolute Gasteiger partial charge is 0.497 e. The third-order valence-corrected chi connectivity index (χ3v) is 14.4. The zero-order valence-electron chi connectivity index (χ0n) is 35.1. The van der Waals surface area contributed by atoms with E-state index in [4.69, 9.17) is 19.4 Å². The van der Waals surface area contributed by atoms with Gasteiger partial charge in [0.15, 0.2) is 0 Å². The van der Waals surface area contributed by atoms with Crippen LogP contribution in [-0.4, -0.2) is 102 Å². The molecule has 6 atom stereocenters. The Bertz CT molecular complexity index is 2030. The number of halogens is 2. The number of hydrogen-bond donors (Lipinski definition) is 4. The number of nitrogens with zero attached hydrogens (tertiary/aromatic N) is 3. The van der Waals surface area contributed by atoms with Gasteiger partial charge in [-0.2, -0.15) is 0 Å². The minimum atomic E-state index is -4.13. The van der Waals surface area contributed by atoms with Gasteiger partial charge >= 0.3 is 6.09 Å². The summed E-state index contributed by atoms with van der Waals surface area (Å²) >= 11 is 0. The maximum absolute atomic E-state index is 14.1. The molecule has 5 aliphatic carbocycles. The molecule has 1 aromatic carbocycles. The fraction of sp³-hybridized carbons (Fsp3) is 0.714. The van der Waals surface area contributed by atoms with E-state index in [2.05, 4.69) is 26.1 Å². The highest BCUT2D eigenvalue weighted by molar-refractivity contribution is 7.91.